The van der Waals surface area contributed by atoms with Crippen LogP contribution in [0.3, 0.4) is 0 Å². The summed E-state index contributed by atoms with van der Waals surface area (Å²) in [5, 5.41) is 9.03. The first-order valence-corrected chi connectivity index (χ1v) is 7.01. The fourth-order valence-corrected chi connectivity index (χ4v) is 2.94. The summed E-state index contributed by atoms with van der Waals surface area (Å²) < 4.78 is 11.9. The number of hydrogen-bond donors (Lipinski definition) is 0. The van der Waals surface area contributed by atoms with Crippen LogP contribution < -0.4 is 0 Å². The average molecular weight is 237 g/mol. The van der Waals surface area contributed by atoms with E-state index in [1.165, 1.54) is 32.1 Å². The highest BCUT2D eigenvalue weighted by Gasteiger charge is 2.35. The molecule has 2 rings (SSSR count). The Balaban J connectivity index is 1.96. The second-order valence-electron chi connectivity index (χ2n) is 5.35. The summed E-state index contributed by atoms with van der Waals surface area (Å²) in [7, 11) is 0. The Labute approximate surface area is 104 Å². The third-order valence-corrected chi connectivity index (χ3v) is 3.94. The van der Waals surface area contributed by atoms with Crippen molar-refractivity contribution in [2.24, 2.45) is 0 Å². The Morgan fingerprint density at radius 3 is 2.47 bits per heavy atom. The van der Waals surface area contributed by atoms with Crippen molar-refractivity contribution < 1.29 is 9.47 Å². The first-order chi connectivity index (χ1) is 8.35. The zero-order chi connectivity index (χ0) is 12.0. The van der Waals surface area contributed by atoms with Crippen LogP contribution in [-0.2, 0) is 9.47 Å². The molecule has 1 heterocycles. The molecule has 3 nitrogen and oxygen atoms in total. The highest BCUT2D eigenvalue weighted by atomic mass is 16.7. The third-order valence-electron chi connectivity index (χ3n) is 3.94. The molecule has 2 aliphatic rings. The quantitative estimate of drug-likeness (QED) is 0.705. The van der Waals surface area contributed by atoms with Crippen molar-refractivity contribution in [3.8, 4) is 6.07 Å². The number of hydrogen-bond acceptors (Lipinski definition) is 3. The van der Waals surface area contributed by atoms with Gasteiger partial charge in [0, 0.05) is 6.61 Å². The van der Waals surface area contributed by atoms with Crippen LogP contribution in [0, 0.1) is 11.3 Å². The largest absolute Gasteiger partial charge is 0.353 e. The average Bonchev–Trinajstić information content (AvgIpc) is 2.57. The predicted octanol–water partition coefficient (Wildman–Crippen LogP) is 3.54. The van der Waals surface area contributed by atoms with E-state index in [0.29, 0.717) is 6.42 Å². The molecule has 1 atom stereocenters. The van der Waals surface area contributed by atoms with E-state index in [1.54, 1.807) is 0 Å². The normalized spacial score (nSPS) is 29.2. The number of nitrogens with zero attached hydrogens (tertiary/aromatic N) is 1. The molecule has 1 aliphatic heterocycles. The summed E-state index contributed by atoms with van der Waals surface area (Å²) in [5.74, 6) is 0. The highest BCUT2D eigenvalue weighted by molar-refractivity contribution is 4.92. The molecule has 0 aromatic carbocycles. The van der Waals surface area contributed by atoms with E-state index in [1.807, 2.05) is 0 Å². The molecule has 17 heavy (non-hydrogen) atoms. The van der Waals surface area contributed by atoms with Gasteiger partial charge in [0.2, 0.25) is 0 Å². The monoisotopic (exact) mass is 237 g/mol. The topological polar surface area (TPSA) is 42.2 Å². The van der Waals surface area contributed by atoms with E-state index >= 15 is 0 Å². The lowest BCUT2D eigenvalue weighted by atomic mass is 9.91. The molecule has 0 aromatic rings. The van der Waals surface area contributed by atoms with Crippen molar-refractivity contribution in [1.29, 1.82) is 5.26 Å². The van der Waals surface area contributed by atoms with Gasteiger partial charge in [-0.05, 0) is 32.1 Å². The standard InChI is InChI=1S/C14H23NO2/c15-11-10-14(8-4-1-2-5-9-14)17-13-7-3-6-12-16-13/h13H,1-10,12H2. The van der Waals surface area contributed by atoms with Gasteiger partial charge in [0.25, 0.3) is 0 Å². The fraction of sp³-hybridized carbons (Fsp3) is 0.929. The Morgan fingerprint density at radius 2 is 1.88 bits per heavy atom. The van der Waals surface area contributed by atoms with Gasteiger partial charge >= 0.3 is 0 Å². The molecule has 0 bridgehead atoms. The number of ether oxygens (including phenoxy) is 2. The fourth-order valence-electron chi connectivity index (χ4n) is 2.94. The molecule has 0 aromatic heterocycles. The Hall–Kier alpha value is -0.590. The maximum Gasteiger partial charge on any atom is 0.158 e. The summed E-state index contributed by atoms with van der Waals surface area (Å²) in [6.45, 7) is 0.813. The van der Waals surface area contributed by atoms with Gasteiger partial charge in [-0.1, -0.05) is 25.7 Å². The van der Waals surface area contributed by atoms with E-state index < -0.39 is 0 Å². The first-order valence-electron chi connectivity index (χ1n) is 7.01. The third kappa shape index (κ3) is 3.69. The molecule has 1 aliphatic carbocycles. The maximum atomic E-state index is 9.03. The highest BCUT2D eigenvalue weighted by Crippen LogP contribution is 2.35. The second kappa shape index (κ2) is 6.37. The van der Waals surface area contributed by atoms with Crippen molar-refractivity contribution in [3.05, 3.63) is 0 Å². The lowest BCUT2D eigenvalue weighted by molar-refractivity contribution is -0.227. The van der Waals surface area contributed by atoms with Crippen LogP contribution >= 0.6 is 0 Å². The van der Waals surface area contributed by atoms with E-state index in [9.17, 15) is 0 Å². The number of rotatable bonds is 3. The van der Waals surface area contributed by atoms with Gasteiger partial charge in [0.15, 0.2) is 6.29 Å². The van der Waals surface area contributed by atoms with Crippen LogP contribution in [-0.4, -0.2) is 18.5 Å². The molecule has 1 unspecified atom stereocenters. The molecule has 0 N–H and O–H groups in total. The van der Waals surface area contributed by atoms with Crippen molar-refractivity contribution >= 4 is 0 Å². The van der Waals surface area contributed by atoms with Gasteiger partial charge in [-0.25, -0.2) is 0 Å². The molecule has 1 saturated heterocycles. The van der Waals surface area contributed by atoms with Crippen molar-refractivity contribution in [2.45, 2.75) is 76.1 Å². The van der Waals surface area contributed by atoms with E-state index in [-0.39, 0.29) is 11.9 Å². The summed E-state index contributed by atoms with van der Waals surface area (Å²) in [4.78, 5) is 0. The van der Waals surface area contributed by atoms with Gasteiger partial charge in [0.05, 0.1) is 18.1 Å². The summed E-state index contributed by atoms with van der Waals surface area (Å²) in [5.41, 5.74) is -0.215. The zero-order valence-electron chi connectivity index (χ0n) is 10.6. The summed E-state index contributed by atoms with van der Waals surface area (Å²) >= 11 is 0. The van der Waals surface area contributed by atoms with Crippen molar-refractivity contribution in [2.75, 3.05) is 6.61 Å². The van der Waals surface area contributed by atoms with Crippen LogP contribution in [0.15, 0.2) is 0 Å². The van der Waals surface area contributed by atoms with Crippen LogP contribution in [0.25, 0.3) is 0 Å². The molecule has 3 heteroatoms. The van der Waals surface area contributed by atoms with E-state index in [4.69, 9.17) is 14.7 Å². The molecular formula is C14H23NO2. The molecule has 0 radical (unpaired) electrons. The zero-order valence-corrected chi connectivity index (χ0v) is 10.6. The SMILES string of the molecule is N#CCC1(OC2CCCCO2)CCCCCC1. The van der Waals surface area contributed by atoms with Crippen LogP contribution in [0.4, 0.5) is 0 Å². The molecular weight excluding hydrogens is 214 g/mol. The minimum absolute atomic E-state index is 0.0600. The van der Waals surface area contributed by atoms with Gasteiger partial charge in [-0.2, -0.15) is 5.26 Å². The molecule has 0 amide bonds. The van der Waals surface area contributed by atoms with E-state index in [0.717, 1.165) is 32.3 Å². The van der Waals surface area contributed by atoms with Crippen molar-refractivity contribution in [3.63, 3.8) is 0 Å². The molecule has 0 spiro atoms. The Bertz CT molecular complexity index is 258. The van der Waals surface area contributed by atoms with Gasteiger partial charge in [-0.3, -0.25) is 0 Å². The number of nitriles is 1. The van der Waals surface area contributed by atoms with Gasteiger partial charge in [-0.15, -0.1) is 0 Å². The Morgan fingerprint density at radius 1 is 1.12 bits per heavy atom. The minimum Gasteiger partial charge on any atom is -0.353 e. The summed E-state index contributed by atoms with van der Waals surface area (Å²) in [6, 6.07) is 2.32. The molecule has 1 saturated carbocycles. The molecule has 2 fully saturated rings. The van der Waals surface area contributed by atoms with Gasteiger partial charge < -0.3 is 9.47 Å². The lowest BCUT2D eigenvalue weighted by Gasteiger charge is -2.36. The first kappa shape index (κ1) is 12.9. The van der Waals surface area contributed by atoms with Gasteiger partial charge in [0.1, 0.15) is 0 Å². The minimum atomic E-state index is -0.215. The van der Waals surface area contributed by atoms with Crippen LogP contribution in [0.1, 0.15) is 64.2 Å². The Kier molecular flexibility index (Phi) is 4.82. The van der Waals surface area contributed by atoms with Crippen LogP contribution in [0.5, 0.6) is 0 Å². The lowest BCUT2D eigenvalue weighted by Crippen LogP contribution is -2.38. The smallest absolute Gasteiger partial charge is 0.158 e. The molecule has 96 valence electrons. The van der Waals surface area contributed by atoms with Crippen molar-refractivity contribution in [1.82, 2.24) is 0 Å². The maximum absolute atomic E-state index is 9.03. The summed E-state index contributed by atoms with van der Waals surface area (Å²) in [6.07, 6.45) is 10.8. The van der Waals surface area contributed by atoms with Crippen LogP contribution in [0.2, 0.25) is 0 Å². The second-order valence-corrected chi connectivity index (χ2v) is 5.35. The predicted molar refractivity (Wildman–Crippen MR) is 65.3 cm³/mol. The van der Waals surface area contributed by atoms with E-state index in [2.05, 4.69) is 6.07 Å².